The molecule has 0 aliphatic heterocycles. The summed E-state index contributed by atoms with van der Waals surface area (Å²) in [6.07, 6.45) is 0. The molecule has 0 saturated heterocycles. The Balaban J connectivity index is 0.000000640. The van der Waals surface area contributed by atoms with E-state index in [-0.39, 0.29) is 7.24 Å². The summed E-state index contributed by atoms with van der Waals surface area (Å²) in [5, 5.41) is 0. The number of halogens is 1. The van der Waals surface area contributed by atoms with Crippen molar-refractivity contribution in [3.8, 4) is 0 Å². The molecule has 0 bridgehead atoms. The van der Waals surface area contributed by atoms with Crippen LogP contribution in [-0.4, -0.2) is 0 Å². The molecule has 0 unspecified atom stereocenters. The SMILES string of the molecule is Cc1ccccc1F.[H+]. The number of rotatable bonds is 0. The van der Waals surface area contributed by atoms with Crippen LogP contribution in [0.2, 0.25) is 0 Å². The van der Waals surface area contributed by atoms with E-state index in [0.717, 1.165) is 0 Å². The highest BCUT2D eigenvalue weighted by Crippen LogP contribution is 2.01. The molecule has 42 valence electrons. The molecule has 0 amide bonds. The molecule has 0 atom stereocenters. The molecule has 1 aromatic rings. The Kier molecular flexibility index (Phi) is 1.29. The molecule has 0 N–H and O–H groups in total. The summed E-state index contributed by atoms with van der Waals surface area (Å²) >= 11 is 0. The van der Waals surface area contributed by atoms with Crippen LogP contribution < -0.4 is 0 Å². The van der Waals surface area contributed by atoms with Crippen LogP contribution in [0.15, 0.2) is 24.3 Å². The van der Waals surface area contributed by atoms with E-state index in [1.807, 2.05) is 6.07 Å². The zero-order valence-corrected chi connectivity index (χ0v) is 4.69. The molecule has 0 heterocycles. The van der Waals surface area contributed by atoms with Crippen LogP contribution in [0.1, 0.15) is 6.99 Å². The van der Waals surface area contributed by atoms with Gasteiger partial charge in [-0.05, 0) is 18.6 Å². The smallest absolute Gasteiger partial charge is 0.207 e. The topological polar surface area (TPSA) is 0 Å². The third-order valence-electron chi connectivity index (χ3n) is 1.08. The fraction of sp³-hybridized carbons (Fsp3) is 0.143. The Labute approximate surface area is 49.4 Å². The summed E-state index contributed by atoms with van der Waals surface area (Å²) in [6.45, 7) is 1.75. The second-order valence-electron chi connectivity index (χ2n) is 1.75. The average Bonchev–Trinajstić information content (AvgIpc) is 1.77. The molecule has 8 heavy (non-hydrogen) atoms. The lowest BCUT2D eigenvalue weighted by Gasteiger charge is -1.89. The Hall–Kier alpha value is -0.850. The Bertz CT molecular complexity index is 165. The Morgan fingerprint density at radius 3 is 2.38 bits per heavy atom. The molecule has 1 rings (SSSR count). The van der Waals surface area contributed by atoms with E-state index < -0.39 is 0 Å². The quantitative estimate of drug-likeness (QED) is 0.481. The van der Waals surface area contributed by atoms with E-state index in [9.17, 15) is 4.39 Å². The van der Waals surface area contributed by atoms with Crippen LogP contribution >= 0.6 is 0 Å². The van der Waals surface area contributed by atoms with Crippen molar-refractivity contribution in [2.45, 2.75) is 6.92 Å². The van der Waals surface area contributed by atoms with Gasteiger partial charge in [-0.15, -0.1) is 0 Å². The van der Waals surface area contributed by atoms with Crippen molar-refractivity contribution >= 4 is 0 Å². The van der Waals surface area contributed by atoms with Crippen LogP contribution in [0.5, 0.6) is 0 Å². The van der Waals surface area contributed by atoms with E-state index in [4.69, 9.17) is 0 Å². The van der Waals surface area contributed by atoms with Gasteiger partial charge in [0, 0.05) is 0 Å². The van der Waals surface area contributed by atoms with E-state index >= 15 is 0 Å². The van der Waals surface area contributed by atoms with E-state index in [2.05, 4.69) is 0 Å². The largest absolute Gasteiger partial charge is 1.00 e. The summed E-state index contributed by atoms with van der Waals surface area (Å²) in [6, 6.07) is 6.70. The molecular formula is C7H8F+. The Morgan fingerprint density at radius 2 is 2.00 bits per heavy atom. The van der Waals surface area contributed by atoms with Crippen molar-refractivity contribution in [2.24, 2.45) is 0 Å². The monoisotopic (exact) mass is 111 g/mol. The maximum Gasteiger partial charge on any atom is 1.00 e. The molecule has 0 nitrogen and oxygen atoms in total. The molecule has 1 heteroatoms. The van der Waals surface area contributed by atoms with Crippen molar-refractivity contribution in [3.63, 3.8) is 0 Å². The average molecular weight is 111 g/mol. The Morgan fingerprint density at radius 1 is 1.38 bits per heavy atom. The number of hydrogen-bond acceptors (Lipinski definition) is 0. The number of benzene rings is 1. The van der Waals surface area contributed by atoms with Crippen LogP contribution in [0, 0.1) is 12.7 Å². The minimum absolute atomic E-state index is 0. The van der Waals surface area contributed by atoms with E-state index in [1.54, 1.807) is 19.1 Å². The lowest BCUT2D eigenvalue weighted by molar-refractivity contribution is 0.618. The highest BCUT2D eigenvalue weighted by molar-refractivity contribution is 5.14. The van der Waals surface area contributed by atoms with Gasteiger partial charge >= 0.3 is 1.43 Å². The third-order valence-corrected chi connectivity index (χ3v) is 1.08. The molecule has 0 radical (unpaired) electrons. The van der Waals surface area contributed by atoms with Gasteiger partial charge in [-0.2, -0.15) is 0 Å². The molecular weight excluding hydrogens is 103 g/mol. The van der Waals surface area contributed by atoms with Crippen LogP contribution in [0.4, 0.5) is 4.39 Å². The van der Waals surface area contributed by atoms with Crippen LogP contribution in [0.3, 0.4) is 0 Å². The molecule has 1 aromatic carbocycles. The number of aryl methyl sites for hydroxylation is 1. The van der Waals surface area contributed by atoms with Crippen LogP contribution in [0.25, 0.3) is 0 Å². The molecule has 0 spiro atoms. The lowest BCUT2D eigenvalue weighted by Crippen LogP contribution is -1.76. The summed E-state index contributed by atoms with van der Waals surface area (Å²) in [5.41, 5.74) is 0.701. The van der Waals surface area contributed by atoms with Crippen molar-refractivity contribution in [1.29, 1.82) is 0 Å². The van der Waals surface area contributed by atoms with Crippen molar-refractivity contribution < 1.29 is 5.82 Å². The first-order valence-electron chi connectivity index (χ1n) is 2.52. The van der Waals surface area contributed by atoms with Gasteiger partial charge in [0.2, 0.25) is 0 Å². The summed E-state index contributed by atoms with van der Waals surface area (Å²) in [5.74, 6) is -0.132. The first-order valence-corrected chi connectivity index (χ1v) is 2.52. The van der Waals surface area contributed by atoms with Crippen molar-refractivity contribution in [2.75, 3.05) is 0 Å². The second-order valence-corrected chi connectivity index (χ2v) is 1.75. The molecule has 0 fully saturated rings. The normalized spacial score (nSPS) is 9.25. The van der Waals surface area contributed by atoms with Gasteiger partial charge in [0.15, 0.2) is 0 Å². The summed E-state index contributed by atoms with van der Waals surface area (Å²) in [7, 11) is 0. The fourth-order valence-electron chi connectivity index (χ4n) is 0.551. The second kappa shape index (κ2) is 1.95. The standard InChI is InChI=1S/C7H7F/c1-6-4-2-3-5-7(6)8/h2-5H,1H3/p+1. The van der Waals surface area contributed by atoms with Gasteiger partial charge in [0.25, 0.3) is 0 Å². The minimum atomic E-state index is -0.132. The van der Waals surface area contributed by atoms with Gasteiger partial charge in [-0.3, -0.25) is 0 Å². The zero-order valence-electron chi connectivity index (χ0n) is 5.69. The highest BCUT2D eigenvalue weighted by atomic mass is 19.1. The van der Waals surface area contributed by atoms with Crippen molar-refractivity contribution in [1.82, 2.24) is 0 Å². The summed E-state index contributed by atoms with van der Waals surface area (Å²) in [4.78, 5) is 0. The lowest BCUT2D eigenvalue weighted by atomic mass is 10.2. The highest BCUT2D eigenvalue weighted by Gasteiger charge is 1.88. The fourth-order valence-corrected chi connectivity index (χ4v) is 0.551. The van der Waals surface area contributed by atoms with Gasteiger partial charge in [0.1, 0.15) is 5.82 Å². The molecule has 0 aliphatic rings. The first kappa shape index (κ1) is 5.29. The van der Waals surface area contributed by atoms with Crippen molar-refractivity contribution in [3.05, 3.63) is 35.6 Å². The maximum absolute atomic E-state index is 12.3. The molecule has 0 aliphatic carbocycles. The van der Waals surface area contributed by atoms with Crippen LogP contribution in [-0.2, 0) is 0 Å². The molecule has 0 aromatic heterocycles. The van der Waals surface area contributed by atoms with Gasteiger partial charge in [0.05, 0.1) is 0 Å². The number of hydrogen-bond donors (Lipinski definition) is 0. The predicted molar refractivity (Wildman–Crippen MR) is 32.2 cm³/mol. The van der Waals surface area contributed by atoms with Gasteiger partial charge in [-0.1, -0.05) is 18.2 Å². The van der Waals surface area contributed by atoms with Gasteiger partial charge in [-0.25, -0.2) is 4.39 Å². The minimum Gasteiger partial charge on any atom is -0.207 e. The summed E-state index contributed by atoms with van der Waals surface area (Å²) < 4.78 is 12.3. The third kappa shape index (κ3) is 0.861. The van der Waals surface area contributed by atoms with E-state index in [0.29, 0.717) is 5.56 Å². The van der Waals surface area contributed by atoms with Gasteiger partial charge < -0.3 is 0 Å². The molecule has 0 saturated carbocycles. The zero-order chi connectivity index (χ0) is 5.98. The first-order chi connectivity index (χ1) is 3.80. The maximum atomic E-state index is 12.3. The van der Waals surface area contributed by atoms with E-state index in [1.165, 1.54) is 6.07 Å². The predicted octanol–water partition coefficient (Wildman–Crippen LogP) is 2.25.